The van der Waals surface area contributed by atoms with Crippen LogP contribution in [0.25, 0.3) is 43.8 Å². The van der Waals surface area contributed by atoms with E-state index in [1.54, 1.807) is 0 Å². The fourth-order valence-electron chi connectivity index (χ4n) is 11.8. The minimum Gasteiger partial charge on any atom is -0.310 e. The Morgan fingerprint density at radius 2 is 1.27 bits per heavy atom. The predicted octanol–water partition coefficient (Wildman–Crippen LogP) is 15.4. The van der Waals surface area contributed by atoms with Crippen LogP contribution in [-0.2, 0) is 5.41 Å². The van der Waals surface area contributed by atoms with Gasteiger partial charge in [-0.3, -0.25) is 0 Å². The first-order valence-electron chi connectivity index (χ1n) is 21.2. The van der Waals surface area contributed by atoms with Gasteiger partial charge in [0.05, 0.1) is 5.69 Å². The molecule has 0 amide bonds. The van der Waals surface area contributed by atoms with Gasteiger partial charge < -0.3 is 4.90 Å². The van der Waals surface area contributed by atoms with Crippen LogP contribution in [0.1, 0.15) is 106 Å². The third kappa shape index (κ3) is 5.41. The second-order valence-electron chi connectivity index (χ2n) is 17.9. The van der Waals surface area contributed by atoms with Crippen molar-refractivity contribution in [1.82, 2.24) is 0 Å². The van der Waals surface area contributed by atoms with Gasteiger partial charge in [0.15, 0.2) is 0 Å². The average molecular weight is 714 g/mol. The number of fused-ring (bicyclic) bond motifs is 7. The molecule has 11 rings (SSSR count). The Morgan fingerprint density at radius 3 is 2.11 bits per heavy atom. The summed E-state index contributed by atoms with van der Waals surface area (Å²) >= 11 is 0. The van der Waals surface area contributed by atoms with E-state index in [1.165, 1.54) is 141 Å². The van der Waals surface area contributed by atoms with Gasteiger partial charge in [-0.2, -0.15) is 0 Å². The molecule has 4 aliphatic carbocycles. The lowest BCUT2D eigenvalue weighted by molar-refractivity contribution is 0.420. The quantitative estimate of drug-likeness (QED) is 0.166. The Balaban J connectivity index is 1.15. The van der Waals surface area contributed by atoms with Crippen molar-refractivity contribution in [1.29, 1.82) is 0 Å². The van der Waals surface area contributed by atoms with Crippen LogP contribution < -0.4 is 4.90 Å². The van der Waals surface area contributed by atoms with Crippen LogP contribution in [0.2, 0.25) is 0 Å². The van der Waals surface area contributed by atoms with Gasteiger partial charge >= 0.3 is 0 Å². The zero-order valence-corrected chi connectivity index (χ0v) is 32.4. The highest BCUT2D eigenvalue weighted by molar-refractivity contribution is 6.06. The van der Waals surface area contributed by atoms with E-state index in [4.69, 9.17) is 0 Å². The maximum atomic E-state index is 2.59. The van der Waals surface area contributed by atoms with Gasteiger partial charge in [-0.05, 0) is 147 Å². The topological polar surface area (TPSA) is 3.24 Å². The number of nitrogens with zero attached hydrogens (tertiary/aromatic N) is 1. The maximum Gasteiger partial charge on any atom is 0.0543 e. The molecule has 0 aromatic heterocycles. The van der Waals surface area contributed by atoms with Crippen LogP contribution in [0, 0.1) is 11.8 Å². The van der Waals surface area contributed by atoms with Crippen LogP contribution in [0.15, 0.2) is 140 Å². The summed E-state index contributed by atoms with van der Waals surface area (Å²) in [6.45, 7) is 4.88. The molecule has 3 atom stereocenters. The molecule has 1 heteroatoms. The van der Waals surface area contributed by atoms with Gasteiger partial charge in [0.2, 0.25) is 0 Å². The Kier molecular flexibility index (Phi) is 7.84. The van der Waals surface area contributed by atoms with Crippen molar-refractivity contribution in [2.24, 2.45) is 11.8 Å². The van der Waals surface area contributed by atoms with E-state index < -0.39 is 0 Å². The molecule has 7 aromatic carbocycles. The number of hydrogen-bond acceptors (Lipinski definition) is 1. The molecule has 7 aromatic rings. The van der Waals surface area contributed by atoms with Gasteiger partial charge in [-0.25, -0.2) is 0 Å². The molecule has 2 bridgehead atoms. The van der Waals surface area contributed by atoms with Crippen molar-refractivity contribution in [2.75, 3.05) is 4.90 Å². The summed E-state index contributed by atoms with van der Waals surface area (Å²) in [4.78, 5) is 2.59. The van der Waals surface area contributed by atoms with E-state index in [1.807, 2.05) is 0 Å². The molecule has 4 aliphatic rings. The van der Waals surface area contributed by atoms with E-state index in [0.29, 0.717) is 11.8 Å². The Bertz CT molecular complexity index is 2580. The summed E-state index contributed by atoms with van der Waals surface area (Å²) in [7, 11) is 0. The molecule has 1 nitrogen and oxygen atoms in total. The number of hydrogen-bond donors (Lipinski definition) is 0. The molecule has 0 saturated heterocycles. The van der Waals surface area contributed by atoms with Crippen LogP contribution in [0.4, 0.5) is 17.1 Å². The zero-order valence-electron chi connectivity index (χ0n) is 32.4. The van der Waals surface area contributed by atoms with E-state index in [2.05, 4.69) is 158 Å². The van der Waals surface area contributed by atoms with E-state index >= 15 is 0 Å². The Labute approximate surface area is 327 Å². The predicted molar refractivity (Wildman–Crippen MR) is 233 cm³/mol. The molecule has 272 valence electrons. The first kappa shape index (κ1) is 33.2. The van der Waals surface area contributed by atoms with Crippen molar-refractivity contribution in [3.8, 4) is 22.3 Å². The standard InChI is InChI=1S/C54H51N/c1-54(2)50-18-9-8-16-46(50)48-29-30-51(52(53(48)54)47-17-10-14-38-13-6-7-15-45(38)47)55(43-26-24-39(25-27-43)49-32-35-19-20-41(49)31-35)44-28-23-37-21-22-40(33-42(37)34-44)36-11-4-3-5-12-36/h6-10,13-18,21-30,33-36,41,49H,3-5,11-12,19-20,31-32H2,1-2H3. The Hall–Kier alpha value is -5.14. The molecule has 0 radical (unpaired) electrons. The van der Waals surface area contributed by atoms with E-state index in [0.717, 1.165) is 11.8 Å². The van der Waals surface area contributed by atoms with Crippen molar-refractivity contribution >= 4 is 38.6 Å². The first-order chi connectivity index (χ1) is 27.0. The van der Waals surface area contributed by atoms with Gasteiger partial charge in [-0.1, -0.05) is 149 Å². The van der Waals surface area contributed by atoms with Gasteiger partial charge in [0.25, 0.3) is 0 Å². The molecule has 0 aliphatic heterocycles. The highest BCUT2D eigenvalue weighted by Crippen LogP contribution is 2.57. The minimum absolute atomic E-state index is 0.177. The smallest absolute Gasteiger partial charge is 0.0543 e. The number of anilines is 3. The molecule has 0 spiro atoms. The zero-order chi connectivity index (χ0) is 36.7. The normalized spacial score (nSPS) is 21.2. The van der Waals surface area contributed by atoms with Crippen LogP contribution >= 0.6 is 0 Å². The summed E-state index contributed by atoms with van der Waals surface area (Å²) in [6.07, 6.45) is 12.4. The van der Waals surface area contributed by atoms with Crippen LogP contribution in [0.3, 0.4) is 0 Å². The summed E-state index contributed by atoms with van der Waals surface area (Å²) in [5.74, 6) is 3.19. The molecule has 55 heavy (non-hydrogen) atoms. The summed E-state index contributed by atoms with van der Waals surface area (Å²) < 4.78 is 0. The molecule has 3 fully saturated rings. The monoisotopic (exact) mass is 713 g/mol. The number of benzene rings is 7. The highest BCUT2D eigenvalue weighted by atomic mass is 15.1. The molecular weight excluding hydrogens is 663 g/mol. The van der Waals surface area contributed by atoms with Crippen molar-refractivity contribution in [2.45, 2.75) is 88.9 Å². The lowest BCUT2D eigenvalue weighted by atomic mass is 9.77. The third-order valence-electron chi connectivity index (χ3n) is 14.5. The SMILES string of the molecule is CC1(C)c2ccccc2-c2ccc(N(c3ccc(C4CC5CCC4C5)cc3)c3ccc4ccc(C5CCCCC5)cc4c3)c(-c3cccc4ccccc34)c21. The number of rotatable bonds is 6. The summed E-state index contributed by atoms with van der Waals surface area (Å²) in [5.41, 5.74) is 14.7. The fraction of sp³-hybridized carbons (Fsp3) is 0.296. The van der Waals surface area contributed by atoms with E-state index in [9.17, 15) is 0 Å². The summed E-state index contributed by atoms with van der Waals surface area (Å²) in [5, 5.41) is 5.23. The van der Waals surface area contributed by atoms with Crippen molar-refractivity contribution in [3.05, 3.63) is 162 Å². The first-order valence-corrected chi connectivity index (χ1v) is 21.2. The average Bonchev–Trinajstić information content (AvgIpc) is 3.94. The molecule has 3 saturated carbocycles. The van der Waals surface area contributed by atoms with E-state index in [-0.39, 0.29) is 5.41 Å². The molecular formula is C54H51N. The molecule has 0 heterocycles. The third-order valence-corrected chi connectivity index (χ3v) is 14.5. The van der Waals surface area contributed by atoms with Crippen molar-refractivity contribution < 1.29 is 0 Å². The fourth-order valence-corrected chi connectivity index (χ4v) is 11.8. The van der Waals surface area contributed by atoms with Crippen LogP contribution in [0.5, 0.6) is 0 Å². The highest BCUT2D eigenvalue weighted by Gasteiger charge is 2.41. The lowest BCUT2D eigenvalue weighted by Crippen LogP contribution is -2.19. The van der Waals surface area contributed by atoms with Gasteiger partial charge in [-0.15, -0.1) is 0 Å². The second kappa shape index (κ2) is 13.0. The van der Waals surface area contributed by atoms with Gasteiger partial charge in [0.1, 0.15) is 0 Å². The Morgan fingerprint density at radius 1 is 0.527 bits per heavy atom. The second-order valence-corrected chi connectivity index (χ2v) is 17.9. The largest absolute Gasteiger partial charge is 0.310 e. The maximum absolute atomic E-state index is 2.59. The summed E-state index contributed by atoms with van der Waals surface area (Å²) in [6, 6.07) is 54.1. The molecule has 0 N–H and O–H groups in total. The minimum atomic E-state index is -0.177. The van der Waals surface area contributed by atoms with Crippen LogP contribution in [-0.4, -0.2) is 0 Å². The van der Waals surface area contributed by atoms with Crippen molar-refractivity contribution in [3.63, 3.8) is 0 Å². The molecule has 3 unspecified atom stereocenters. The lowest BCUT2D eigenvalue weighted by Gasteiger charge is -2.33. The van der Waals surface area contributed by atoms with Gasteiger partial charge in [0, 0.05) is 22.4 Å².